The monoisotopic (exact) mass is 444 g/mol. The molecule has 0 radical (unpaired) electrons. The van der Waals surface area contributed by atoms with Gasteiger partial charge in [0.25, 0.3) is 12.3 Å². The highest BCUT2D eigenvalue weighted by molar-refractivity contribution is 6.31. The van der Waals surface area contributed by atoms with Gasteiger partial charge in [0, 0.05) is 23.8 Å². The summed E-state index contributed by atoms with van der Waals surface area (Å²) in [6.45, 7) is 0. The zero-order valence-electron chi connectivity index (χ0n) is 16.2. The minimum atomic E-state index is -2.85. The number of guanidine groups is 1. The second kappa shape index (κ2) is 7.70. The lowest BCUT2D eigenvalue weighted by atomic mass is 9.81. The molecule has 2 aromatic carbocycles. The van der Waals surface area contributed by atoms with E-state index in [2.05, 4.69) is 9.98 Å². The van der Waals surface area contributed by atoms with E-state index >= 15 is 0 Å². The van der Waals surface area contributed by atoms with E-state index in [-0.39, 0.29) is 27.7 Å². The lowest BCUT2D eigenvalue weighted by Gasteiger charge is -2.27. The normalized spacial score (nSPS) is 18.6. The largest absolute Gasteiger partial charge is 0.369 e. The SMILES string of the molecule is CN1C(=O)C(c2cc(Cl)cc(-c3ccccc3F)c2)(c2ccnc(C(F)F)c2)N=C1N. The van der Waals surface area contributed by atoms with Crippen molar-refractivity contribution in [2.45, 2.75) is 12.0 Å². The molecule has 4 rings (SSSR count). The number of likely N-dealkylation sites (N-methyl/N-ethyl adjacent to an activating group) is 1. The third kappa shape index (κ3) is 3.42. The third-order valence-electron chi connectivity index (χ3n) is 5.16. The van der Waals surface area contributed by atoms with Crippen molar-refractivity contribution in [3.63, 3.8) is 0 Å². The van der Waals surface area contributed by atoms with E-state index in [1.165, 1.54) is 31.4 Å². The Bertz CT molecular complexity index is 1220. The van der Waals surface area contributed by atoms with Crippen LogP contribution in [-0.4, -0.2) is 28.8 Å². The van der Waals surface area contributed by atoms with Crippen molar-refractivity contribution in [3.05, 3.63) is 88.5 Å². The molecule has 1 aliphatic heterocycles. The molecule has 2 N–H and O–H groups in total. The van der Waals surface area contributed by atoms with E-state index in [0.29, 0.717) is 5.56 Å². The van der Waals surface area contributed by atoms with E-state index in [9.17, 15) is 18.0 Å². The van der Waals surface area contributed by atoms with Crippen LogP contribution in [-0.2, 0) is 10.3 Å². The van der Waals surface area contributed by atoms with Gasteiger partial charge in [-0.25, -0.2) is 18.2 Å². The smallest absolute Gasteiger partial charge is 0.280 e. The Balaban J connectivity index is 2.00. The summed E-state index contributed by atoms with van der Waals surface area (Å²) in [6, 6.07) is 13.2. The predicted molar refractivity (Wildman–Crippen MR) is 111 cm³/mol. The van der Waals surface area contributed by atoms with Gasteiger partial charge in [0.15, 0.2) is 11.5 Å². The number of amides is 1. The van der Waals surface area contributed by atoms with Gasteiger partial charge in [-0.1, -0.05) is 29.8 Å². The first-order valence-electron chi connectivity index (χ1n) is 9.18. The standard InChI is InChI=1S/C22H16ClF3N4O/c1-30-20(31)22(29-21(30)27,13-6-7-28-18(11-13)19(25)26)14-8-12(9-15(23)10-14)16-4-2-3-5-17(16)24/h2-11,19H,1H3,(H2,27,29). The summed E-state index contributed by atoms with van der Waals surface area (Å²) in [7, 11) is 1.43. The van der Waals surface area contributed by atoms with E-state index in [1.807, 2.05) is 0 Å². The summed E-state index contributed by atoms with van der Waals surface area (Å²) in [6.07, 6.45) is -1.67. The Labute approximate surface area is 181 Å². The highest BCUT2D eigenvalue weighted by Crippen LogP contribution is 2.42. The Hall–Kier alpha value is -3.39. The van der Waals surface area contributed by atoms with Crippen LogP contribution in [0.3, 0.4) is 0 Å². The number of nitrogens with two attached hydrogens (primary N) is 1. The molecule has 1 unspecified atom stereocenters. The summed E-state index contributed by atoms with van der Waals surface area (Å²) in [4.78, 5) is 22.5. The van der Waals surface area contributed by atoms with Crippen LogP contribution in [0.1, 0.15) is 23.2 Å². The van der Waals surface area contributed by atoms with Crippen molar-refractivity contribution in [1.29, 1.82) is 0 Å². The number of alkyl halides is 2. The number of carbonyl (C=O) groups excluding carboxylic acids is 1. The predicted octanol–water partition coefficient (Wildman–Crippen LogP) is 4.51. The van der Waals surface area contributed by atoms with E-state index in [0.717, 1.165) is 11.0 Å². The minimum Gasteiger partial charge on any atom is -0.369 e. The van der Waals surface area contributed by atoms with E-state index in [1.54, 1.807) is 30.3 Å². The molecule has 0 saturated carbocycles. The molecular weight excluding hydrogens is 429 g/mol. The van der Waals surface area contributed by atoms with Gasteiger partial charge < -0.3 is 5.73 Å². The van der Waals surface area contributed by atoms with Gasteiger partial charge in [-0.15, -0.1) is 0 Å². The number of halogens is 4. The molecule has 2 heterocycles. The Morgan fingerprint density at radius 1 is 1.10 bits per heavy atom. The van der Waals surface area contributed by atoms with Crippen LogP contribution in [0.15, 0.2) is 65.8 Å². The Morgan fingerprint density at radius 2 is 1.84 bits per heavy atom. The molecular formula is C22H16ClF3N4O. The molecule has 0 saturated heterocycles. The quantitative estimate of drug-likeness (QED) is 0.643. The molecule has 158 valence electrons. The van der Waals surface area contributed by atoms with Gasteiger partial charge >= 0.3 is 0 Å². The summed E-state index contributed by atoms with van der Waals surface area (Å²) < 4.78 is 41.1. The second-order valence-electron chi connectivity index (χ2n) is 7.02. The van der Waals surface area contributed by atoms with Crippen molar-refractivity contribution in [3.8, 4) is 11.1 Å². The molecule has 5 nitrogen and oxygen atoms in total. The molecule has 1 atom stereocenters. The maximum atomic E-state index is 14.4. The first kappa shape index (κ1) is 20.9. The number of aromatic nitrogens is 1. The molecule has 9 heteroatoms. The zero-order valence-corrected chi connectivity index (χ0v) is 16.9. The van der Waals surface area contributed by atoms with Gasteiger partial charge in [-0.3, -0.25) is 14.7 Å². The van der Waals surface area contributed by atoms with Gasteiger partial charge in [-0.05, 0) is 53.1 Å². The number of carbonyl (C=O) groups is 1. The third-order valence-corrected chi connectivity index (χ3v) is 5.38. The van der Waals surface area contributed by atoms with Crippen molar-refractivity contribution >= 4 is 23.5 Å². The molecule has 1 aromatic heterocycles. The first-order chi connectivity index (χ1) is 14.7. The van der Waals surface area contributed by atoms with Crippen LogP contribution < -0.4 is 5.73 Å². The number of pyridine rings is 1. The minimum absolute atomic E-state index is 0.0900. The lowest BCUT2D eigenvalue weighted by molar-refractivity contribution is -0.129. The summed E-state index contributed by atoms with van der Waals surface area (Å²) in [5.74, 6) is -1.13. The van der Waals surface area contributed by atoms with E-state index < -0.39 is 29.4 Å². The molecule has 0 bridgehead atoms. The molecule has 0 fully saturated rings. The number of aliphatic imine (C=N–C) groups is 1. The van der Waals surface area contributed by atoms with Crippen molar-refractivity contribution in [2.24, 2.45) is 10.7 Å². The van der Waals surface area contributed by atoms with Crippen LogP contribution in [0.4, 0.5) is 13.2 Å². The van der Waals surface area contributed by atoms with Gasteiger partial charge in [0.1, 0.15) is 11.5 Å². The average Bonchev–Trinajstić information content (AvgIpc) is 2.98. The molecule has 3 aromatic rings. The van der Waals surface area contributed by atoms with Crippen LogP contribution in [0.5, 0.6) is 0 Å². The fraction of sp³-hybridized carbons (Fsp3) is 0.136. The first-order valence-corrected chi connectivity index (χ1v) is 9.56. The Kier molecular flexibility index (Phi) is 5.18. The van der Waals surface area contributed by atoms with Gasteiger partial charge in [-0.2, -0.15) is 0 Å². The number of hydrogen-bond acceptors (Lipinski definition) is 4. The molecule has 1 amide bonds. The fourth-order valence-corrected chi connectivity index (χ4v) is 3.86. The van der Waals surface area contributed by atoms with Crippen molar-refractivity contribution in [2.75, 3.05) is 7.05 Å². The van der Waals surface area contributed by atoms with Crippen LogP contribution in [0.2, 0.25) is 5.02 Å². The number of benzene rings is 2. The maximum absolute atomic E-state index is 14.4. The number of hydrogen-bond donors (Lipinski definition) is 1. The topological polar surface area (TPSA) is 71.6 Å². The fourth-order valence-electron chi connectivity index (χ4n) is 3.63. The highest BCUT2D eigenvalue weighted by atomic mass is 35.5. The molecule has 31 heavy (non-hydrogen) atoms. The van der Waals surface area contributed by atoms with Crippen LogP contribution in [0, 0.1) is 5.82 Å². The van der Waals surface area contributed by atoms with Crippen molar-refractivity contribution < 1.29 is 18.0 Å². The molecule has 0 aliphatic carbocycles. The van der Waals surface area contributed by atoms with Crippen LogP contribution in [0.25, 0.3) is 11.1 Å². The zero-order chi connectivity index (χ0) is 22.3. The molecule has 1 aliphatic rings. The van der Waals surface area contributed by atoms with E-state index in [4.69, 9.17) is 17.3 Å². The molecule has 0 spiro atoms. The number of rotatable bonds is 4. The summed E-state index contributed by atoms with van der Waals surface area (Å²) in [5.41, 5.74) is 4.73. The van der Waals surface area contributed by atoms with Gasteiger partial charge in [0.2, 0.25) is 0 Å². The maximum Gasteiger partial charge on any atom is 0.280 e. The lowest BCUT2D eigenvalue weighted by Crippen LogP contribution is -2.41. The van der Waals surface area contributed by atoms with Gasteiger partial charge in [0.05, 0.1) is 0 Å². The summed E-state index contributed by atoms with van der Waals surface area (Å²) in [5, 5.41) is 0.217. The van der Waals surface area contributed by atoms with Crippen molar-refractivity contribution in [1.82, 2.24) is 9.88 Å². The summed E-state index contributed by atoms with van der Waals surface area (Å²) >= 11 is 6.32. The average molecular weight is 445 g/mol. The number of nitrogens with zero attached hydrogens (tertiary/aromatic N) is 3. The highest BCUT2D eigenvalue weighted by Gasteiger charge is 2.50. The second-order valence-corrected chi connectivity index (χ2v) is 7.46. The Morgan fingerprint density at radius 3 is 2.48 bits per heavy atom. The van der Waals surface area contributed by atoms with Crippen LogP contribution >= 0.6 is 11.6 Å².